The zero-order chi connectivity index (χ0) is 24.5. The Morgan fingerprint density at radius 1 is 0.943 bits per heavy atom. The van der Waals surface area contributed by atoms with E-state index in [0.717, 1.165) is 16.1 Å². The molecule has 1 heterocycles. The van der Waals surface area contributed by atoms with E-state index in [1.165, 1.54) is 29.4 Å². The van der Waals surface area contributed by atoms with Crippen LogP contribution >= 0.6 is 12.6 Å². The van der Waals surface area contributed by atoms with Crippen LogP contribution in [0.25, 0.3) is 11.1 Å². The number of rotatable bonds is 4. The van der Waals surface area contributed by atoms with Crippen LogP contribution in [0.5, 0.6) is 0 Å². The maximum absolute atomic E-state index is 12.9. The molecule has 1 aliphatic heterocycles. The van der Waals surface area contributed by atoms with Crippen LogP contribution in [0.1, 0.15) is 33.0 Å². The molecule has 6 nitrogen and oxygen atoms in total. The number of esters is 1. The average Bonchev–Trinajstić information content (AvgIpc) is 3.22. The maximum atomic E-state index is 12.9. The summed E-state index contributed by atoms with van der Waals surface area (Å²) in [6.45, 7) is 4.67. The first-order valence-electron chi connectivity index (χ1n) is 11.7. The Hall–Kier alpha value is -3.45. The first-order valence-corrected chi connectivity index (χ1v) is 12.2. The highest BCUT2D eigenvalue weighted by atomic mass is 32.1. The molecule has 1 amide bonds. The summed E-state index contributed by atoms with van der Waals surface area (Å²) in [6.07, 6.45) is -0.290. The SMILES string of the molecule is COC(=O)c1cc(S)c(C)c(N2CCN(C(=O)OCC3c4ccccc4-c4ccccc43)CC2)c1. The van der Waals surface area contributed by atoms with Crippen molar-refractivity contribution in [2.75, 3.05) is 44.8 Å². The third-order valence-corrected chi connectivity index (χ3v) is 7.45. The van der Waals surface area contributed by atoms with E-state index in [4.69, 9.17) is 9.47 Å². The number of hydrogen-bond donors (Lipinski definition) is 1. The Kier molecular flexibility index (Phi) is 6.43. The third kappa shape index (κ3) is 4.36. The van der Waals surface area contributed by atoms with Gasteiger partial charge in [0.05, 0.1) is 12.7 Å². The van der Waals surface area contributed by atoms with Crippen molar-refractivity contribution >= 4 is 30.4 Å². The minimum Gasteiger partial charge on any atom is -0.465 e. The molecule has 5 rings (SSSR count). The number of fused-ring (bicyclic) bond motifs is 3. The van der Waals surface area contributed by atoms with E-state index in [9.17, 15) is 9.59 Å². The largest absolute Gasteiger partial charge is 0.465 e. The molecule has 1 fully saturated rings. The smallest absolute Gasteiger partial charge is 0.409 e. The van der Waals surface area contributed by atoms with Crippen LogP contribution < -0.4 is 4.90 Å². The first-order chi connectivity index (χ1) is 17.0. The molecule has 0 saturated carbocycles. The summed E-state index contributed by atoms with van der Waals surface area (Å²) < 4.78 is 10.7. The minimum atomic E-state index is -0.390. The minimum absolute atomic E-state index is 0.0464. The lowest BCUT2D eigenvalue weighted by molar-refractivity contribution is 0.0600. The quantitative estimate of drug-likeness (QED) is 0.407. The number of thiol groups is 1. The van der Waals surface area contributed by atoms with Crippen molar-refractivity contribution in [1.29, 1.82) is 0 Å². The van der Waals surface area contributed by atoms with Crippen molar-refractivity contribution in [1.82, 2.24) is 4.90 Å². The molecule has 7 heteroatoms. The van der Waals surface area contributed by atoms with Crippen molar-refractivity contribution in [3.05, 3.63) is 82.9 Å². The van der Waals surface area contributed by atoms with Gasteiger partial charge in [0, 0.05) is 42.7 Å². The molecule has 0 radical (unpaired) electrons. The Bertz CT molecular complexity index is 1240. The Balaban J connectivity index is 1.23. The average molecular weight is 489 g/mol. The van der Waals surface area contributed by atoms with Gasteiger partial charge in [-0.3, -0.25) is 0 Å². The van der Waals surface area contributed by atoms with Crippen LogP contribution in [0, 0.1) is 6.92 Å². The van der Waals surface area contributed by atoms with E-state index in [1.54, 1.807) is 11.0 Å². The van der Waals surface area contributed by atoms with Gasteiger partial charge in [-0.1, -0.05) is 48.5 Å². The van der Waals surface area contributed by atoms with E-state index in [0.29, 0.717) is 38.3 Å². The van der Waals surface area contributed by atoms with E-state index in [-0.39, 0.29) is 18.0 Å². The lowest BCUT2D eigenvalue weighted by Gasteiger charge is -2.36. The highest BCUT2D eigenvalue weighted by Crippen LogP contribution is 2.44. The Morgan fingerprint density at radius 3 is 2.14 bits per heavy atom. The van der Waals surface area contributed by atoms with Crippen molar-refractivity contribution in [2.24, 2.45) is 0 Å². The summed E-state index contributed by atoms with van der Waals surface area (Å²) in [5.41, 5.74) is 7.24. The monoisotopic (exact) mass is 488 g/mol. The third-order valence-electron chi connectivity index (χ3n) is 6.99. The molecular weight excluding hydrogens is 460 g/mol. The second-order valence-electron chi connectivity index (χ2n) is 8.91. The van der Waals surface area contributed by atoms with Crippen molar-refractivity contribution in [3.8, 4) is 11.1 Å². The molecule has 0 bridgehead atoms. The van der Waals surface area contributed by atoms with Gasteiger partial charge in [-0.15, -0.1) is 12.6 Å². The molecule has 3 aromatic carbocycles. The number of hydrogen-bond acceptors (Lipinski definition) is 6. The van der Waals surface area contributed by atoms with Gasteiger partial charge in [0.2, 0.25) is 0 Å². The van der Waals surface area contributed by atoms with Crippen molar-refractivity contribution in [2.45, 2.75) is 17.7 Å². The fraction of sp³-hybridized carbons (Fsp3) is 0.286. The predicted molar refractivity (Wildman–Crippen MR) is 139 cm³/mol. The van der Waals surface area contributed by atoms with Crippen LogP contribution in [0.4, 0.5) is 10.5 Å². The molecule has 3 aromatic rings. The summed E-state index contributed by atoms with van der Waals surface area (Å²) in [5.74, 6) is -0.344. The van der Waals surface area contributed by atoms with E-state index >= 15 is 0 Å². The Labute approximate surface area is 210 Å². The molecule has 1 saturated heterocycles. The van der Waals surface area contributed by atoms with Gasteiger partial charge in [-0.2, -0.15) is 0 Å². The summed E-state index contributed by atoms with van der Waals surface area (Å²) in [7, 11) is 1.37. The number of carbonyl (C=O) groups is 2. The molecule has 180 valence electrons. The van der Waals surface area contributed by atoms with Crippen LogP contribution in [0.15, 0.2) is 65.6 Å². The number of piperazine rings is 1. The van der Waals surface area contributed by atoms with Crippen LogP contribution in [0.2, 0.25) is 0 Å². The standard InChI is InChI=1S/C28H28N2O4S/c1-18-25(15-19(16-26(18)35)27(31)33-2)29-11-13-30(14-12-29)28(32)34-17-24-22-9-5-3-7-20(22)21-8-4-6-10-23(21)24/h3-10,15-16,24,35H,11-14,17H2,1-2H3. The fourth-order valence-corrected chi connectivity index (χ4v) is 5.32. The first kappa shape index (κ1) is 23.3. The summed E-state index contributed by atoms with van der Waals surface area (Å²) >= 11 is 4.53. The summed E-state index contributed by atoms with van der Waals surface area (Å²) in [4.78, 5) is 29.6. The maximum Gasteiger partial charge on any atom is 0.409 e. The van der Waals surface area contributed by atoms with Crippen molar-refractivity contribution < 1.29 is 19.1 Å². The number of carbonyl (C=O) groups excluding carboxylic acids is 2. The normalized spacial score (nSPS) is 14.9. The van der Waals surface area contributed by atoms with E-state index in [2.05, 4.69) is 41.8 Å². The van der Waals surface area contributed by atoms with Crippen LogP contribution in [0.3, 0.4) is 0 Å². The number of nitrogens with zero attached hydrogens (tertiary/aromatic N) is 2. The fourth-order valence-electron chi connectivity index (χ4n) is 5.06. The van der Waals surface area contributed by atoms with Gasteiger partial charge in [-0.25, -0.2) is 9.59 Å². The highest BCUT2D eigenvalue weighted by Gasteiger charge is 2.30. The molecule has 1 aliphatic carbocycles. The number of amides is 1. The lowest BCUT2D eigenvalue weighted by Crippen LogP contribution is -2.49. The molecule has 0 atom stereocenters. The molecule has 0 unspecified atom stereocenters. The van der Waals surface area contributed by atoms with E-state index in [1.807, 2.05) is 37.3 Å². The topological polar surface area (TPSA) is 59.1 Å². The van der Waals surface area contributed by atoms with Crippen LogP contribution in [-0.4, -0.2) is 56.9 Å². The molecule has 2 aliphatic rings. The van der Waals surface area contributed by atoms with Crippen molar-refractivity contribution in [3.63, 3.8) is 0 Å². The molecular formula is C28H28N2O4S. The zero-order valence-electron chi connectivity index (χ0n) is 19.9. The molecule has 0 N–H and O–H groups in total. The van der Waals surface area contributed by atoms with Gasteiger partial charge in [0.25, 0.3) is 0 Å². The molecule has 35 heavy (non-hydrogen) atoms. The second-order valence-corrected chi connectivity index (χ2v) is 9.39. The van der Waals surface area contributed by atoms with Gasteiger partial charge in [0.15, 0.2) is 0 Å². The van der Waals surface area contributed by atoms with Gasteiger partial charge >= 0.3 is 12.1 Å². The number of benzene rings is 3. The zero-order valence-corrected chi connectivity index (χ0v) is 20.8. The van der Waals surface area contributed by atoms with Gasteiger partial charge in [0.1, 0.15) is 6.61 Å². The number of ether oxygens (including phenoxy) is 2. The highest BCUT2D eigenvalue weighted by molar-refractivity contribution is 7.80. The van der Waals surface area contributed by atoms with Crippen LogP contribution in [-0.2, 0) is 9.47 Å². The second kappa shape index (κ2) is 9.66. The summed E-state index contributed by atoms with van der Waals surface area (Å²) in [6, 6.07) is 20.2. The predicted octanol–water partition coefficient (Wildman–Crippen LogP) is 5.14. The Morgan fingerprint density at radius 2 is 1.54 bits per heavy atom. The van der Waals surface area contributed by atoms with Gasteiger partial charge in [-0.05, 0) is 46.9 Å². The molecule has 0 aromatic heterocycles. The van der Waals surface area contributed by atoms with E-state index < -0.39 is 0 Å². The summed E-state index contributed by atoms with van der Waals surface area (Å²) in [5, 5.41) is 0. The number of methoxy groups -OCH3 is 1. The number of anilines is 1. The van der Waals surface area contributed by atoms with Gasteiger partial charge < -0.3 is 19.3 Å². The lowest BCUT2D eigenvalue weighted by atomic mass is 9.98. The molecule has 0 spiro atoms.